The summed E-state index contributed by atoms with van der Waals surface area (Å²) in [6.07, 6.45) is 16.4. The van der Waals surface area contributed by atoms with Crippen LogP contribution in [0, 0.1) is 53.4 Å². The summed E-state index contributed by atoms with van der Waals surface area (Å²) in [5.74, 6) is 5.21. The number of hydrogen-bond acceptors (Lipinski definition) is 2. The van der Waals surface area contributed by atoms with Crippen LogP contribution in [0.2, 0.25) is 0 Å². The van der Waals surface area contributed by atoms with Crippen molar-refractivity contribution in [1.29, 1.82) is 0 Å². The van der Waals surface area contributed by atoms with E-state index < -0.39 is 0 Å². The fourth-order valence-corrected chi connectivity index (χ4v) is 8.95. The van der Waals surface area contributed by atoms with Crippen LogP contribution in [0.3, 0.4) is 0 Å². The number of allylic oxidation sites excluding steroid dienone is 1. The maximum Gasteiger partial charge on any atom is 0 e. The number of amides is 1. The van der Waals surface area contributed by atoms with Gasteiger partial charge in [0.25, 0.3) is 0 Å². The molecular weight excluding hydrogens is 788 g/mol. The quantitative estimate of drug-likeness (QED) is 0.165. The van der Waals surface area contributed by atoms with E-state index >= 15 is 0 Å². The van der Waals surface area contributed by atoms with E-state index in [4.69, 9.17) is 4.74 Å². The van der Waals surface area contributed by atoms with Gasteiger partial charge in [0.05, 0.1) is 0 Å². The Bertz CT molecular complexity index is 753. The first kappa shape index (κ1) is 34.4. The molecule has 8 atom stereocenters. The van der Waals surface area contributed by atoms with Gasteiger partial charge in [-0.1, -0.05) is 65.5 Å². The first-order valence-electron chi connectivity index (χ1n) is 14.0. The van der Waals surface area contributed by atoms with Crippen molar-refractivity contribution in [2.24, 2.45) is 46.3 Å². The van der Waals surface area contributed by atoms with E-state index in [1.807, 2.05) is 0 Å². The number of halogens is 2. The van der Waals surface area contributed by atoms with Gasteiger partial charge in [-0.05, 0) is 91.3 Å². The maximum atomic E-state index is 11.7. The number of ether oxygens (including phenoxy) is 1. The second-order valence-electron chi connectivity index (χ2n) is 12.8. The van der Waals surface area contributed by atoms with Gasteiger partial charge >= 0.3 is 55.5 Å². The average Bonchev–Trinajstić information content (AvgIpc) is 3.16. The van der Waals surface area contributed by atoms with Gasteiger partial charge in [-0.25, -0.2) is 4.79 Å². The number of alkyl carbamates (subject to hydrolysis) is 1. The van der Waals surface area contributed by atoms with Crippen molar-refractivity contribution in [3.63, 3.8) is 0 Å². The molecule has 204 valence electrons. The second kappa shape index (κ2) is 15.4. The molecule has 0 saturated heterocycles. The molecule has 4 aliphatic carbocycles. The summed E-state index contributed by atoms with van der Waals surface area (Å²) in [6.45, 7) is 12.5. The van der Waals surface area contributed by atoms with Gasteiger partial charge in [-0.2, -0.15) is 0 Å². The zero-order valence-corrected chi connectivity index (χ0v) is 31.8. The van der Waals surface area contributed by atoms with Crippen molar-refractivity contribution in [3.8, 4) is 0 Å². The number of carbonyl (C=O) groups is 1. The van der Waals surface area contributed by atoms with Crippen molar-refractivity contribution >= 4 is 46.1 Å². The molecular formula is C29H48I2NO2VY-. The first-order valence-corrected chi connectivity index (χ1v) is 23.0. The molecule has 4 aliphatic rings. The van der Waals surface area contributed by atoms with Crippen LogP contribution in [0.4, 0.5) is 4.79 Å². The summed E-state index contributed by atoms with van der Waals surface area (Å²) in [5, 5.41) is 2.37. The molecule has 0 aromatic rings. The molecule has 7 heteroatoms. The molecule has 3 fully saturated rings. The van der Waals surface area contributed by atoms with E-state index in [1.54, 1.807) is 5.57 Å². The first-order chi connectivity index (χ1) is 16.6. The number of fused-ring (bicyclic) bond motifs is 5. The van der Waals surface area contributed by atoms with E-state index in [2.05, 4.69) is 93.0 Å². The van der Waals surface area contributed by atoms with Crippen molar-refractivity contribution in [3.05, 3.63) is 18.7 Å². The number of hydrogen-bond donors (Lipinski definition) is 1. The molecule has 0 aromatic heterocycles. The van der Waals surface area contributed by atoms with Crippen molar-refractivity contribution in [2.75, 3.05) is 0 Å². The molecule has 0 aliphatic heterocycles. The van der Waals surface area contributed by atoms with Gasteiger partial charge in [0, 0.05) is 39.1 Å². The van der Waals surface area contributed by atoms with E-state index in [-0.39, 0.29) is 44.9 Å². The number of carbonyl (C=O) groups excluding carboxylic acids is 1. The van der Waals surface area contributed by atoms with Crippen LogP contribution in [-0.2, 0) is 46.9 Å². The van der Waals surface area contributed by atoms with Crippen molar-refractivity contribution in [1.82, 2.24) is 5.32 Å². The molecule has 0 aromatic carbocycles. The number of rotatable bonds is 6. The SMILES string of the molecule is [CH2-]NC(=O)O[C@H]1CC[C@@]2(C)C(=CC[C@H]3[C@@H]4CC[C@H]([C@H](C)CCCC(C)C)[C@@]4(C)CC[C@@H]32)C1.[I][V][I].[Y]. The van der Waals surface area contributed by atoms with Crippen LogP contribution in [-0.4, -0.2) is 12.2 Å². The number of nitrogens with one attached hydrogen (secondary N) is 1. The smallest absolute Gasteiger partial charge is 0 e. The Labute approximate surface area is 276 Å². The minimum absolute atomic E-state index is 0. The van der Waals surface area contributed by atoms with Gasteiger partial charge in [0.1, 0.15) is 6.10 Å². The average molecular weight is 836 g/mol. The maximum absolute atomic E-state index is 11.7. The monoisotopic (exact) mass is 836 g/mol. The Hall–Kier alpha value is 2.16. The summed E-state index contributed by atoms with van der Waals surface area (Å²) < 4.78 is 5.59. The predicted octanol–water partition coefficient (Wildman–Crippen LogP) is 9.68. The van der Waals surface area contributed by atoms with Crippen LogP contribution in [0.15, 0.2) is 11.6 Å². The van der Waals surface area contributed by atoms with E-state index in [1.165, 1.54) is 51.4 Å². The topological polar surface area (TPSA) is 38.3 Å². The van der Waals surface area contributed by atoms with Crippen molar-refractivity contribution in [2.45, 2.75) is 111 Å². The summed E-state index contributed by atoms with van der Waals surface area (Å²) in [6, 6.07) is 0. The fourth-order valence-electron chi connectivity index (χ4n) is 8.95. The predicted molar refractivity (Wildman–Crippen MR) is 160 cm³/mol. The van der Waals surface area contributed by atoms with E-state index in [0.29, 0.717) is 20.3 Å². The summed E-state index contributed by atoms with van der Waals surface area (Å²) in [4.78, 5) is 11.7. The minimum atomic E-state index is -0.388. The minimum Gasteiger partial charge on any atom is 0 e. The zero-order valence-electron chi connectivity index (χ0n) is 23.2. The van der Waals surface area contributed by atoms with Gasteiger partial charge < -0.3 is 10.1 Å². The molecule has 0 heterocycles. The molecule has 1 radical (unpaired) electrons. The molecule has 0 bridgehead atoms. The third-order valence-electron chi connectivity index (χ3n) is 10.7. The van der Waals surface area contributed by atoms with Crippen LogP contribution in [0.5, 0.6) is 0 Å². The zero-order chi connectivity index (χ0) is 25.8. The second-order valence-corrected chi connectivity index (χ2v) is 24.6. The summed E-state index contributed by atoms with van der Waals surface area (Å²) >= 11 is 4.74. The molecule has 0 spiro atoms. The molecule has 1 N–H and O–H groups in total. The van der Waals surface area contributed by atoms with Crippen molar-refractivity contribution < 1.29 is 51.7 Å². The van der Waals surface area contributed by atoms with Crippen LogP contribution < -0.4 is 5.32 Å². The molecule has 4 rings (SSSR count). The van der Waals surface area contributed by atoms with E-state index in [0.717, 1.165) is 54.8 Å². The van der Waals surface area contributed by atoms with Gasteiger partial charge in [0.2, 0.25) is 0 Å². The molecule has 1 amide bonds. The van der Waals surface area contributed by atoms with Gasteiger partial charge in [-0.15, -0.1) is 0 Å². The Morgan fingerprint density at radius 1 is 1.14 bits per heavy atom. The molecule has 3 nitrogen and oxygen atoms in total. The Balaban J connectivity index is 0.00000109. The normalized spacial score (nSPS) is 37.6. The Morgan fingerprint density at radius 2 is 1.83 bits per heavy atom. The molecule has 36 heavy (non-hydrogen) atoms. The van der Waals surface area contributed by atoms with Crippen LogP contribution >= 0.6 is 40.0 Å². The molecule has 0 unspecified atom stereocenters. The van der Waals surface area contributed by atoms with Gasteiger partial charge in [0.15, 0.2) is 0 Å². The summed E-state index contributed by atoms with van der Waals surface area (Å²) in [7, 11) is 4.07. The standard InChI is InChI=1S/C29H48NO2.2HI.V.Y/c1-19(2)8-7-9-20(3)24-12-13-25-23-11-10-21-18-22(32-27(31)30-6)14-16-28(21,4)26(23)15-17-29(24,25)5;;;;/h10,19-20,22-26H,6-9,11-18H2,1-5H3,(H,30,31);2*1H;;/q-1;;;+2;/p-2/t20-,22+,23+,24-,25+,26+,28+,29-;;;;/m1..../s1. The largest absolute Gasteiger partial charge is 0 e. The fraction of sp³-hybridized carbons (Fsp3) is 0.862. The Kier molecular flexibility index (Phi) is 14.7. The molecule has 3 saturated carbocycles. The van der Waals surface area contributed by atoms with Gasteiger partial charge in [-0.3, -0.25) is 7.05 Å². The third-order valence-corrected chi connectivity index (χ3v) is 10.7. The van der Waals surface area contributed by atoms with Crippen LogP contribution in [0.25, 0.3) is 0 Å². The third kappa shape index (κ3) is 7.71. The van der Waals surface area contributed by atoms with Crippen LogP contribution in [0.1, 0.15) is 105 Å². The summed E-state index contributed by atoms with van der Waals surface area (Å²) in [5.41, 5.74) is 2.44. The Morgan fingerprint density at radius 3 is 2.47 bits per heavy atom. The van der Waals surface area contributed by atoms with E-state index in [9.17, 15) is 4.79 Å².